The molecule has 2 saturated carbocycles. The highest BCUT2D eigenvalue weighted by Gasteiger charge is 2.57. The zero-order valence-corrected chi connectivity index (χ0v) is 34.3. The van der Waals surface area contributed by atoms with Crippen LogP contribution in [0.15, 0.2) is 60.8 Å². The Labute approximate surface area is 333 Å². The number of hydrogen-bond acceptors (Lipinski definition) is 9. The number of likely N-dealkylation sites (N-methyl/N-ethyl adjacent to an activating group) is 1. The van der Waals surface area contributed by atoms with Crippen LogP contribution in [0.25, 0.3) is 21.3 Å². The predicted octanol–water partition coefficient (Wildman–Crippen LogP) is 7.94. The number of carbonyl (C=O) groups excluding carboxylic acids is 1. The summed E-state index contributed by atoms with van der Waals surface area (Å²) in [5.74, 6) is -0.732. The number of nitrogens with one attached hydrogen (secondary N) is 3. The number of anilines is 2. The normalized spacial score (nSPS) is 24.2. The number of nitrogens with zero attached hydrogens (tertiary/aromatic N) is 5. The molecule has 0 saturated heterocycles. The van der Waals surface area contributed by atoms with Gasteiger partial charge < -0.3 is 20.6 Å². The van der Waals surface area contributed by atoms with Gasteiger partial charge in [-0.2, -0.15) is 5.10 Å². The molecule has 3 atom stereocenters. The summed E-state index contributed by atoms with van der Waals surface area (Å²) in [4.78, 5) is 37.9. The van der Waals surface area contributed by atoms with E-state index in [-0.39, 0.29) is 33.4 Å². The SMILES string of the molecule is CNCCNC12CC(C)(C)CC(C)(CC(C)(Cn3ncc(-c4ccc(N5CCc6cccc(C(=O)Nc7nc8ccccc8s7)c6C5)nc4C(=O)O)c3C)C1)C2. The number of hydrogen-bond donors (Lipinski definition) is 4. The van der Waals surface area contributed by atoms with E-state index in [2.05, 4.69) is 64.3 Å². The number of carbonyl (C=O) groups is 2. The van der Waals surface area contributed by atoms with Crippen molar-refractivity contribution in [3.05, 3.63) is 88.9 Å². The van der Waals surface area contributed by atoms with E-state index in [1.54, 1.807) is 0 Å². The monoisotopic (exact) mass is 774 g/mol. The smallest absolute Gasteiger partial charge is 0.355 e. The van der Waals surface area contributed by atoms with Gasteiger partial charge in [-0.15, -0.1) is 0 Å². The second-order valence-corrected chi connectivity index (χ2v) is 19.2. The first-order valence-corrected chi connectivity index (χ1v) is 20.7. The zero-order valence-electron chi connectivity index (χ0n) is 33.5. The molecule has 11 nitrogen and oxygen atoms in total. The highest BCUT2D eigenvalue weighted by Crippen LogP contribution is 2.62. The second-order valence-electron chi connectivity index (χ2n) is 18.2. The number of aromatic carboxylic acids is 1. The van der Waals surface area contributed by atoms with Gasteiger partial charge in [0.15, 0.2) is 10.8 Å². The van der Waals surface area contributed by atoms with Crippen molar-refractivity contribution >= 4 is 44.4 Å². The molecule has 4 N–H and O–H groups in total. The third-order valence-electron chi connectivity index (χ3n) is 12.3. The van der Waals surface area contributed by atoms with Gasteiger partial charge >= 0.3 is 5.97 Å². The fourth-order valence-corrected chi connectivity index (χ4v) is 12.2. The Balaban J connectivity index is 1.03. The maximum absolute atomic E-state index is 13.6. The molecule has 1 aliphatic heterocycles. The molecule has 8 rings (SSSR count). The van der Waals surface area contributed by atoms with E-state index < -0.39 is 5.97 Å². The van der Waals surface area contributed by atoms with Crippen LogP contribution in [0.4, 0.5) is 10.9 Å². The molecule has 294 valence electrons. The molecule has 1 amide bonds. The van der Waals surface area contributed by atoms with Gasteiger partial charge in [0.05, 0.1) is 16.4 Å². The van der Waals surface area contributed by atoms with Crippen LogP contribution >= 0.6 is 11.3 Å². The van der Waals surface area contributed by atoms with Crippen LogP contribution in [0.2, 0.25) is 0 Å². The highest BCUT2D eigenvalue weighted by molar-refractivity contribution is 7.22. The molecule has 12 heteroatoms. The number of pyridine rings is 1. The topological polar surface area (TPSA) is 137 Å². The van der Waals surface area contributed by atoms with Crippen LogP contribution in [0.3, 0.4) is 0 Å². The summed E-state index contributed by atoms with van der Waals surface area (Å²) in [7, 11) is 2.01. The minimum Gasteiger partial charge on any atom is -0.476 e. The van der Waals surface area contributed by atoms with Gasteiger partial charge in [-0.05, 0) is 110 Å². The Morgan fingerprint density at radius 1 is 0.911 bits per heavy atom. The average Bonchev–Trinajstić information content (AvgIpc) is 3.70. The molecule has 0 spiro atoms. The molecule has 3 aromatic heterocycles. The third kappa shape index (κ3) is 7.46. The molecule has 4 heterocycles. The molecule has 56 heavy (non-hydrogen) atoms. The maximum Gasteiger partial charge on any atom is 0.355 e. The van der Waals surface area contributed by atoms with E-state index in [1.165, 1.54) is 24.2 Å². The predicted molar refractivity (Wildman–Crippen MR) is 224 cm³/mol. The van der Waals surface area contributed by atoms with Crippen molar-refractivity contribution in [1.82, 2.24) is 30.4 Å². The third-order valence-corrected chi connectivity index (χ3v) is 13.3. The van der Waals surface area contributed by atoms with Gasteiger partial charge in [0.25, 0.3) is 5.91 Å². The first-order valence-electron chi connectivity index (χ1n) is 19.9. The lowest BCUT2D eigenvalue weighted by atomic mass is 9.47. The minimum atomic E-state index is -1.08. The number of amides is 1. The molecule has 0 radical (unpaired) electrons. The van der Waals surface area contributed by atoms with Gasteiger partial charge in [0.1, 0.15) is 5.82 Å². The largest absolute Gasteiger partial charge is 0.476 e. The quantitative estimate of drug-likeness (QED) is 0.0987. The van der Waals surface area contributed by atoms with Crippen LogP contribution in [-0.4, -0.2) is 69.0 Å². The molecule has 2 fully saturated rings. The number of carboxylic acids is 1. The van der Waals surface area contributed by atoms with E-state index in [4.69, 9.17) is 10.1 Å². The molecule has 2 bridgehead atoms. The van der Waals surface area contributed by atoms with E-state index in [0.29, 0.717) is 41.6 Å². The van der Waals surface area contributed by atoms with Crippen molar-refractivity contribution in [3.8, 4) is 11.1 Å². The van der Waals surface area contributed by atoms with Gasteiger partial charge in [-0.3, -0.25) is 14.8 Å². The summed E-state index contributed by atoms with van der Waals surface area (Å²) >= 11 is 1.45. The van der Waals surface area contributed by atoms with Gasteiger partial charge in [-0.25, -0.2) is 14.8 Å². The Bertz CT molecular complexity index is 2280. The number of rotatable bonds is 11. The zero-order chi connectivity index (χ0) is 39.5. The average molecular weight is 775 g/mol. The van der Waals surface area contributed by atoms with Crippen molar-refractivity contribution in [1.29, 1.82) is 0 Å². The molecular formula is C44H54N8O3S. The molecule has 2 aromatic carbocycles. The highest BCUT2D eigenvalue weighted by atomic mass is 32.1. The van der Waals surface area contributed by atoms with Crippen LogP contribution in [-0.2, 0) is 19.5 Å². The molecule has 5 aromatic rings. The molecule has 2 aliphatic carbocycles. The van der Waals surface area contributed by atoms with E-state index in [0.717, 1.165) is 71.5 Å². The number of benzene rings is 2. The summed E-state index contributed by atoms with van der Waals surface area (Å²) in [5, 5.41) is 26.3. The fraction of sp³-hybridized carbons (Fsp3) is 0.477. The number of fused-ring (bicyclic) bond motifs is 4. The summed E-state index contributed by atoms with van der Waals surface area (Å²) in [6, 6.07) is 17.4. The van der Waals surface area contributed by atoms with Crippen LogP contribution in [0.5, 0.6) is 0 Å². The number of aromatic nitrogens is 4. The summed E-state index contributed by atoms with van der Waals surface area (Å²) in [5.41, 5.74) is 6.29. The van der Waals surface area contributed by atoms with Crippen LogP contribution < -0.4 is 20.9 Å². The van der Waals surface area contributed by atoms with Gasteiger partial charge in [0.2, 0.25) is 0 Å². The standard InChI is InChI=1S/C44H54N8O3S/c1-28-32(20-47-52(28)27-43(5)24-42(4)22-41(2,3)23-44(25-42,26-43)46-18-17-45-6)30-14-15-36(49-37(30)39(54)55)51-19-16-29-10-9-11-31(33(29)21-51)38(53)50-40-48-34-12-7-8-13-35(34)56-40/h7-15,20,45-46H,16-19,21-27H2,1-6H3,(H,54,55)(H,48,50,53). The van der Waals surface area contributed by atoms with E-state index >= 15 is 0 Å². The summed E-state index contributed by atoms with van der Waals surface area (Å²) in [6.07, 6.45) is 8.25. The number of para-hydroxylation sites is 1. The Kier molecular flexibility index (Phi) is 9.82. The Morgan fingerprint density at radius 3 is 2.52 bits per heavy atom. The van der Waals surface area contributed by atoms with E-state index in [9.17, 15) is 14.7 Å². The molecule has 3 aliphatic rings. The lowest BCUT2D eigenvalue weighted by molar-refractivity contribution is -0.0832. The van der Waals surface area contributed by atoms with Crippen molar-refractivity contribution in [2.24, 2.45) is 16.2 Å². The summed E-state index contributed by atoms with van der Waals surface area (Å²) < 4.78 is 3.10. The Morgan fingerprint density at radius 2 is 1.73 bits per heavy atom. The van der Waals surface area contributed by atoms with Crippen molar-refractivity contribution in [3.63, 3.8) is 0 Å². The fourth-order valence-electron chi connectivity index (χ4n) is 11.3. The second kappa shape index (κ2) is 14.4. The van der Waals surface area contributed by atoms with Gasteiger partial charge in [-0.1, -0.05) is 63.3 Å². The number of thiazole rings is 1. The Hall–Kier alpha value is -4.65. The van der Waals surface area contributed by atoms with Gasteiger partial charge in [0, 0.05) is 60.6 Å². The van der Waals surface area contributed by atoms with Crippen molar-refractivity contribution < 1.29 is 14.7 Å². The molecular weight excluding hydrogens is 721 g/mol. The first kappa shape index (κ1) is 38.2. The first-order chi connectivity index (χ1) is 26.7. The van der Waals surface area contributed by atoms with Crippen molar-refractivity contribution in [2.45, 2.75) is 91.8 Å². The minimum absolute atomic E-state index is 0.00125. The number of carboxylic acid groups (broad SMARTS) is 1. The summed E-state index contributed by atoms with van der Waals surface area (Å²) in [6.45, 7) is 15.5. The van der Waals surface area contributed by atoms with Crippen LogP contribution in [0, 0.1) is 23.2 Å². The maximum atomic E-state index is 13.6. The van der Waals surface area contributed by atoms with Crippen LogP contribution in [0.1, 0.15) is 97.5 Å². The van der Waals surface area contributed by atoms with Crippen molar-refractivity contribution in [2.75, 3.05) is 36.9 Å². The lowest BCUT2D eigenvalue weighted by Gasteiger charge is -2.62. The molecule has 3 unspecified atom stereocenters. The van der Waals surface area contributed by atoms with E-state index in [1.807, 2.05) is 68.7 Å². The lowest BCUT2D eigenvalue weighted by Crippen LogP contribution is -2.62.